The molecule has 1 aliphatic heterocycles. The van der Waals surface area contributed by atoms with Crippen LogP contribution in [0.15, 0.2) is 102 Å². The van der Waals surface area contributed by atoms with Crippen LogP contribution in [-0.4, -0.2) is 76.9 Å². The van der Waals surface area contributed by atoms with Gasteiger partial charge in [0.05, 0.1) is 24.8 Å². The number of unbranched alkanes of at least 4 members (excludes halogenated alkanes) is 11. The van der Waals surface area contributed by atoms with Crippen molar-refractivity contribution in [2.45, 2.75) is 173 Å². The van der Waals surface area contributed by atoms with Gasteiger partial charge >= 0.3 is 12.2 Å². The highest BCUT2D eigenvalue weighted by Gasteiger charge is 2.66. The van der Waals surface area contributed by atoms with Crippen LogP contribution in [0.3, 0.4) is 0 Å². The van der Waals surface area contributed by atoms with E-state index < -0.39 is 41.4 Å². The fraction of sp³-hybridized carbons (Fsp3) is 0.576. The number of ether oxygens (including phenoxy) is 4. The SMILES string of the molecule is C=CCO[C@@]12Oc3ccc(OC(=O)NCc4ccccc4)cc3[C@H]3[C@H](CCCCO)[C@@H](CCCCO)C=C(C(=NOC(C)(C)C)C[C@@H]1N(Cc1ccc(F)cc1)C(=O)OCCCCCCCCCCCC)[C@H]32. The number of amides is 2. The summed E-state index contributed by atoms with van der Waals surface area (Å²) in [7, 11) is 0. The zero-order chi connectivity index (χ0) is 51.4. The van der Waals surface area contributed by atoms with Crippen molar-refractivity contribution < 1.29 is 48.0 Å². The van der Waals surface area contributed by atoms with E-state index >= 15 is 4.79 Å². The predicted octanol–water partition coefficient (Wildman–Crippen LogP) is 13.1. The number of fused-ring (bicyclic) bond motifs is 2. The molecule has 12 nitrogen and oxygen atoms in total. The molecule has 1 fully saturated rings. The van der Waals surface area contributed by atoms with Gasteiger partial charge in [-0.3, -0.25) is 4.90 Å². The predicted molar refractivity (Wildman–Crippen MR) is 280 cm³/mol. The minimum absolute atomic E-state index is 0.00831. The number of halogens is 1. The summed E-state index contributed by atoms with van der Waals surface area (Å²) in [5.41, 5.74) is 3.27. The molecule has 0 saturated heterocycles. The third kappa shape index (κ3) is 15.6. The summed E-state index contributed by atoms with van der Waals surface area (Å²) >= 11 is 0. The minimum Gasteiger partial charge on any atom is -0.459 e. The number of benzene rings is 3. The maximum Gasteiger partial charge on any atom is 0.412 e. The van der Waals surface area contributed by atoms with E-state index in [-0.39, 0.29) is 63.7 Å². The molecule has 72 heavy (non-hydrogen) atoms. The van der Waals surface area contributed by atoms with E-state index in [0.717, 1.165) is 61.6 Å². The molecular weight excluding hydrogens is 914 g/mol. The van der Waals surface area contributed by atoms with Gasteiger partial charge in [-0.15, -0.1) is 6.58 Å². The van der Waals surface area contributed by atoms with Crippen molar-refractivity contribution in [3.05, 3.63) is 120 Å². The van der Waals surface area contributed by atoms with Crippen LogP contribution in [0.4, 0.5) is 14.0 Å². The topological polar surface area (TPSA) is 148 Å². The highest BCUT2D eigenvalue weighted by Crippen LogP contribution is 2.62. The van der Waals surface area contributed by atoms with Gasteiger partial charge in [-0.05, 0) is 112 Å². The third-order valence-corrected chi connectivity index (χ3v) is 14.2. The van der Waals surface area contributed by atoms with Crippen LogP contribution in [0.25, 0.3) is 0 Å². The van der Waals surface area contributed by atoms with Crippen molar-refractivity contribution in [1.82, 2.24) is 10.2 Å². The highest BCUT2D eigenvalue weighted by atomic mass is 19.1. The van der Waals surface area contributed by atoms with Crippen molar-refractivity contribution in [2.24, 2.45) is 22.9 Å². The second kappa shape index (κ2) is 28.3. The second-order valence-corrected chi connectivity index (χ2v) is 20.8. The number of nitrogens with zero attached hydrogens (tertiary/aromatic N) is 2. The van der Waals surface area contributed by atoms with E-state index in [1.807, 2.05) is 63.2 Å². The number of aliphatic hydroxyl groups excluding tert-OH is 2. The smallest absolute Gasteiger partial charge is 0.412 e. The molecular formula is C59H82FN3O9. The van der Waals surface area contributed by atoms with Gasteiger partial charge < -0.3 is 39.3 Å². The first-order chi connectivity index (χ1) is 34.9. The lowest BCUT2D eigenvalue weighted by Crippen LogP contribution is -2.70. The average molecular weight is 996 g/mol. The lowest BCUT2D eigenvalue weighted by molar-refractivity contribution is -0.256. The molecule has 2 amide bonds. The maximum atomic E-state index is 15.0. The number of aliphatic hydroxyl groups is 2. The van der Waals surface area contributed by atoms with Crippen molar-refractivity contribution in [3.8, 4) is 11.5 Å². The van der Waals surface area contributed by atoms with E-state index in [1.54, 1.807) is 29.2 Å². The summed E-state index contributed by atoms with van der Waals surface area (Å²) in [6.07, 6.45) is 18.6. The number of carbonyl (C=O) groups is 2. The van der Waals surface area contributed by atoms with Gasteiger partial charge in [-0.25, -0.2) is 14.0 Å². The van der Waals surface area contributed by atoms with Gasteiger partial charge in [0.1, 0.15) is 29.0 Å². The van der Waals surface area contributed by atoms with E-state index in [1.165, 1.54) is 50.7 Å². The molecule has 0 aromatic heterocycles. The Balaban J connectivity index is 1.45. The molecule has 3 aliphatic rings. The van der Waals surface area contributed by atoms with Crippen LogP contribution in [0.2, 0.25) is 0 Å². The van der Waals surface area contributed by atoms with Gasteiger partial charge in [0.25, 0.3) is 0 Å². The highest BCUT2D eigenvalue weighted by molar-refractivity contribution is 6.03. The molecule has 6 rings (SSSR count). The lowest BCUT2D eigenvalue weighted by Gasteiger charge is -2.60. The Morgan fingerprint density at radius 2 is 1.56 bits per heavy atom. The Morgan fingerprint density at radius 3 is 2.22 bits per heavy atom. The summed E-state index contributed by atoms with van der Waals surface area (Å²) < 4.78 is 41.2. The number of rotatable bonds is 29. The quantitative estimate of drug-likeness (QED) is 0.0351. The second-order valence-electron chi connectivity index (χ2n) is 20.8. The van der Waals surface area contributed by atoms with Crippen LogP contribution in [0.1, 0.15) is 159 Å². The zero-order valence-corrected chi connectivity index (χ0v) is 43.5. The Labute approximate surface area is 428 Å². The first kappa shape index (κ1) is 56.1. The van der Waals surface area contributed by atoms with Crippen molar-refractivity contribution >= 4 is 17.9 Å². The van der Waals surface area contributed by atoms with Crippen LogP contribution in [0.5, 0.6) is 11.5 Å². The van der Waals surface area contributed by atoms with Crippen LogP contribution in [0, 0.1) is 23.6 Å². The Kier molecular flexibility index (Phi) is 22.0. The molecule has 0 radical (unpaired) electrons. The first-order valence-corrected chi connectivity index (χ1v) is 26.8. The Morgan fingerprint density at radius 1 is 0.875 bits per heavy atom. The van der Waals surface area contributed by atoms with Crippen LogP contribution < -0.4 is 14.8 Å². The molecule has 0 unspecified atom stereocenters. The fourth-order valence-corrected chi connectivity index (χ4v) is 10.7. The number of carbonyl (C=O) groups excluding carboxylic acids is 2. The summed E-state index contributed by atoms with van der Waals surface area (Å²) in [6, 6.07) is 20.3. The molecule has 2 aliphatic carbocycles. The van der Waals surface area contributed by atoms with E-state index in [0.29, 0.717) is 42.0 Å². The normalized spacial score (nSPS) is 21.7. The Hall–Kier alpha value is -5.24. The molecule has 1 heterocycles. The molecule has 394 valence electrons. The molecule has 6 atom stereocenters. The van der Waals surface area contributed by atoms with Crippen LogP contribution >= 0.6 is 0 Å². The first-order valence-electron chi connectivity index (χ1n) is 26.8. The molecule has 3 aromatic rings. The van der Waals surface area contributed by atoms with Crippen molar-refractivity contribution in [3.63, 3.8) is 0 Å². The number of allylic oxidation sites excluding steroid dienone is 1. The lowest BCUT2D eigenvalue weighted by atomic mass is 9.55. The largest absolute Gasteiger partial charge is 0.459 e. The van der Waals surface area contributed by atoms with E-state index in [9.17, 15) is 19.4 Å². The monoisotopic (exact) mass is 996 g/mol. The van der Waals surface area contributed by atoms with E-state index in [4.69, 9.17) is 28.9 Å². The summed E-state index contributed by atoms with van der Waals surface area (Å²) in [5.74, 6) is -2.14. The third-order valence-electron chi connectivity index (χ3n) is 14.2. The number of hydrogen-bond donors (Lipinski definition) is 3. The van der Waals surface area contributed by atoms with Crippen LogP contribution in [-0.2, 0) is 27.4 Å². The number of oxime groups is 1. The molecule has 0 spiro atoms. The molecule has 13 heteroatoms. The fourth-order valence-electron chi connectivity index (χ4n) is 10.7. The summed E-state index contributed by atoms with van der Waals surface area (Å²) in [6.45, 7) is 12.8. The minimum atomic E-state index is -1.56. The van der Waals surface area contributed by atoms with E-state index in [2.05, 4.69) is 24.9 Å². The number of nitrogens with one attached hydrogen (secondary N) is 1. The van der Waals surface area contributed by atoms with Crippen molar-refractivity contribution in [1.29, 1.82) is 0 Å². The molecule has 0 bridgehead atoms. The van der Waals surface area contributed by atoms with Gasteiger partial charge in [0, 0.05) is 44.2 Å². The summed E-state index contributed by atoms with van der Waals surface area (Å²) in [4.78, 5) is 36.4. The molecule has 3 N–H and O–H groups in total. The van der Waals surface area contributed by atoms with Gasteiger partial charge in [0.2, 0.25) is 5.79 Å². The zero-order valence-electron chi connectivity index (χ0n) is 43.5. The van der Waals surface area contributed by atoms with Crippen molar-refractivity contribution in [2.75, 3.05) is 26.4 Å². The number of hydrogen-bond acceptors (Lipinski definition) is 10. The molecule has 3 aromatic carbocycles. The summed E-state index contributed by atoms with van der Waals surface area (Å²) in [5, 5.41) is 27.9. The average Bonchev–Trinajstić information content (AvgIpc) is 3.37. The van der Waals surface area contributed by atoms with Gasteiger partial charge in [-0.2, -0.15) is 0 Å². The molecule has 1 saturated carbocycles. The van der Waals surface area contributed by atoms with Gasteiger partial charge in [0.15, 0.2) is 0 Å². The van der Waals surface area contributed by atoms with Gasteiger partial charge in [-0.1, -0.05) is 137 Å². The standard InChI is InChI=1S/C59H82FN3O9/c1-6-8-9-10-11-12-13-14-15-23-37-68-57(67)63(42-44-28-30-46(60)31-29-44)53-40-51(62-72-58(3,4)5)49-38-45(26-19-21-34-64)48(27-20-22-35-65)54-50-39-47(70-56(66)61-41-43-24-17-16-18-25-43)32-33-52(50)71-59(53,55(49)54)69-36-7-2/h7,16-18,24-25,28-33,38-39,45,48,53-55,64-65H,2,6,8-15,19-23,26-27,34-37,40-42H2,1,3-5H3,(H,61,66)/t45-,48+,53-,54+,55+,59+/m0/s1. The Bertz CT molecular complexity index is 2210. The maximum absolute atomic E-state index is 15.0.